The van der Waals surface area contributed by atoms with E-state index < -0.39 is 0 Å². The van der Waals surface area contributed by atoms with E-state index >= 15 is 0 Å². The van der Waals surface area contributed by atoms with E-state index in [2.05, 4.69) is 5.32 Å². The van der Waals surface area contributed by atoms with Crippen molar-refractivity contribution in [3.63, 3.8) is 0 Å². The number of carbonyl (C=O) groups excluding carboxylic acids is 1. The van der Waals surface area contributed by atoms with Gasteiger partial charge in [0.05, 0.1) is 25.3 Å². The number of hydrogen-bond acceptors (Lipinski definition) is 3. The number of urea groups is 1. The van der Waals surface area contributed by atoms with Crippen LogP contribution >= 0.6 is 0 Å². The Morgan fingerprint density at radius 2 is 2.40 bits per heavy atom. The Balaban J connectivity index is 1.83. The number of hydrogen-bond donors (Lipinski definition) is 2. The van der Waals surface area contributed by atoms with Gasteiger partial charge in [0, 0.05) is 13.2 Å². The first kappa shape index (κ1) is 10.7. The molecule has 0 saturated carbocycles. The molecular formula is C10H18N2O3. The van der Waals surface area contributed by atoms with Crippen LogP contribution in [0.4, 0.5) is 4.79 Å². The Bertz CT molecular complexity index is 229. The molecule has 0 spiro atoms. The first-order valence-corrected chi connectivity index (χ1v) is 5.57. The van der Waals surface area contributed by atoms with Crippen molar-refractivity contribution in [2.75, 3.05) is 26.4 Å². The zero-order valence-corrected chi connectivity index (χ0v) is 8.82. The summed E-state index contributed by atoms with van der Waals surface area (Å²) in [6.07, 6.45) is 2.79. The van der Waals surface area contributed by atoms with Gasteiger partial charge in [-0.1, -0.05) is 0 Å². The van der Waals surface area contributed by atoms with E-state index in [-0.39, 0.29) is 24.7 Å². The summed E-state index contributed by atoms with van der Waals surface area (Å²) in [5.74, 6) is 0. The van der Waals surface area contributed by atoms with E-state index in [1.165, 1.54) is 0 Å². The quantitative estimate of drug-likeness (QED) is 0.677. The van der Waals surface area contributed by atoms with Gasteiger partial charge in [-0.05, 0) is 19.3 Å². The largest absolute Gasteiger partial charge is 0.394 e. The molecule has 2 amide bonds. The number of aliphatic hydroxyl groups excluding tert-OH is 1. The molecule has 0 radical (unpaired) electrons. The second-order valence-electron chi connectivity index (χ2n) is 4.18. The minimum atomic E-state index is -0.0537. The third-order valence-electron chi connectivity index (χ3n) is 3.11. The van der Waals surface area contributed by atoms with Crippen LogP contribution in [0.3, 0.4) is 0 Å². The summed E-state index contributed by atoms with van der Waals surface area (Å²) in [6.45, 7) is 2.16. The lowest BCUT2D eigenvalue weighted by Crippen LogP contribution is -2.48. The van der Waals surface area contributed by atoms with Gasteiger partial charge in [0.15, 0.2) is 0 Å². The van der Waals surface area contributed by atoms with Crippen molar-refractivity contribution in [3.05, 3.63) is 0 Å². The fraction of sp³-hybridized carbons (Fsp3) is 0.900. The lowest BCUT2D eigenvalue weighted by molar-refractivity contribution is 0.151. The van der Waals surface area contributed by atoms with Crippen molar-refractivity contribution in [1.82, 2.24) is 10.2 Å². The molecular weight excluding hydrogens is 196 g/mol. The van der Waals surface area contributed by atoms with Gasteiger partial charge in [-0.25, -0.2) is 4.79 Å². The molecule has 5 heteroatoms. The first-order chi connectivity index (χ1) is 7.31. The second kappa shape index (κ2) is 4.81. The van der Waals surface area contributed by atoms with Crippen LogP contribution in [0.15, 0.2) is 0 Å². The minimum absolute atomic E-state index is 0.00678. The van der Waals surface area contributed by atoms with Crippen molar-refractivity contribution >= 4 is 6.03 Å². The van der Waals surface area contributed by atoms with Crippen molar-refractivity contribution < 1.29 is 14.6 Å². The number of ether oxygens (including phenoxy) is 1. The zero-order chi connectivity index (χ0) is 10.7. The highest BCUT2D eigenvalue weighted by Gasteiger charge is 2.29. The molecule has 2 unspecified atom stereocenters. The van der Waals surface area contributed by atoms with E-state index in [1.54, 1.807) is 4.90 Å². The fourth-order valence-electron chi connectivity index (χ4n) is 2.20. The molecule has 0 aliphatic carbocycles. The standard InChI is InChI=1S/C10H18N2O3/c13-6-9-2-1-4-12(9)10(14)11-8-3-5-15-7-8/h8-9,13H,1-7H2,(H,11,14). The fourth-order valence-corrected chi connectivity index (χ4v) is 2.20. The Hall–Kier alpha value is -0.810. The van der Waals surface area contributed by atoms with Crippen LogP contribution in [0.2, 0.25) is 0 Å². The summed E-state index contributed by atoms with van der Waals surface area (Å²) in [6, 6.07) is 0.104. The van der Waals surface area contributed by atoms with E-state index in [0.717, 1.165) is 32.4 Å². The van der Waals surface area contributed by atoms with Crippen LogP contribution in [0.25, 0.3) is 0 Å². The third kappa shape index (κ3) is 2.41. The molecule has 5 nitrogen and oxygen atoms in total. The van der Waals surface area contributed by atoms with Crippen molar-refractivity contribution in [2.45, 2.75) is 31.3 Å². The maximum Gasteiger partial charge on any atom is 0.318 e. The van der Waals surface area contributed by atoms with Gasteiger partial charge in [-0.3, -0.25) is 0 Å². The maximum atomic E-state index is 11.8. The van der Waals surface area contributed by atoms with Crippen LogP contribution in [0, 0.1) is 0 Å². The summed E-state index contributed by atoms with van der Waals surface area (Å²) in [4.78, 5) is 13.6. The molecule has 2 atom stereocenters. The second-order valence-corrected chi connectivity index (χ2v) is 4.18. The Morgan fingerprint density at radius 1 is 1.53 bits per heavy atom. The molecule has 0 aromatic heterocycles. The summed E-state index contributed by atoms with van der Waals surface area (Å²) in [5, 5.41) is 12.0. The molecule has 15 heavy (non-hydrogen) atoms. The molecule has 2 N–H and O–H groups in total. The first-order valence-electron chi connectivity index (χ1n) is 5.57. The Morgan fingerprint density at radius 3 is 3.07 bits per heavy atom. The average Bonchev–Trinajstić information content (AvgIpc) is 2.86. The number of likely N-dealkylation sites (tertiary alicyclic amines) is 1. The van der Waals surface area contributed by atoms with Gasteiger partial charge < -0.3 is 20.1 Å². The van der Waals surface area contributed by atoms with Gasteiger partial charge >= 0.3 is 6.03 Å². The molecule has 2 heterocycles. The van der Waals surface area contributed by atoms with Gasteiger partial charge in [0.25, 0.3) is 0 Å². The third-order valence-corrected chi connectivity index (χ3v) is 3.11. The smallest absolute Gasteiger partial charge is 0.318 e. The van der Waals surface area contributed by atoms with E-state index in [1.807, 2.05) is 0 Å². The van der Waals surface area contributed by atoms with Crippen molar-refractivity contribution in [2.24, 2.45) is 0 Å². The van der Waals surface area contributed by atoms with Crippen LogP contribution < -0.4 is 5.32 Å². The SMILES string of the molecule is O=C(NC1CCOC1)N1CCCC1CO. The molecule has 0 bridgehead atoms. The predicted molar refractivity (Wildman–Crippen MR) is 54.6 cm³/mol. The lowest BCUT2D eigenvalue weighted by atomic mass is 10.2. The average molecular weight is 214 g/mol. The van der Waals surface area contributed by atoms with Gasteiger partial charge in [0.2, 0.25) is 0 Å². The maximum absolute atomic E-state index is 11.8. The van der Waals surface area contributed by atoms with Gasteiger partial charge in [-0.2, -0.15) is 0 Å². The zero-order valence-electron chi connectivity index (χ0n) is 8.82. The van der Waals surface area contributed by atoms with E-state index in [0.29, 0.717) is 6.61 Å². The van der Waals surface area contributed by atoms with E-state index in [9.17, 15) is 4.79 Å². The number of nitrogens with zero attached hydrogens (tertiary/aromatic N) is 1. The van der Waals surface area contributed by atoms with Gasteiger partial charge in [-0.15, -0.1) is 0 Å². The number of nitrogens with one attached hydrogen (secondary N) is 1. The normalized spacial score (nSPS) is 30.9. The molecule has 2 rings (SSSR count). The monoisotopic (exact) mass is 214 g/mol. The summed E-state index contributed by atoms with van der Waals surface area (Å²) >= 11 is 0. The van der Waals surface area contributed by atoms with Crippen LogP contribution in [0.1, 0.15) is 19.3 Å². The highest BCUT2D eigenvalue weighted by atomic mass is 16.5. The summed E-state index contributed by atoms with van der Waals surface area (Å²) in [5.41, 5.74) is 0. The van der Waals surface area contributed by atoms with Crippen LogP contribution in [0.5, 0.6) is 0 Å². The molecule has 86 valence electrons. The molecule has 2 aliphatic heterocycles. The van der Waals surface area contributed by atoms with Crippen molar-refractivity contribution in [3.8, 4) is 0 Å². The number of aliphatic hydroxyl groups is 1. The van der Waals surface area contributed by atoms with Crippen molar-refractivity contribution in [1.29, 1.82) is 0 Å². The summed E-state index contributed by atoms with van der Waals surface area (Å²) in [7, 11) is 0. The predicted octanol–water partition coefficient (Wildman–Crippen LogP) is -0.0584. The number of carbonyl (C=O) groups is 1. The number of amides is 2. The highest BCUT2D eigenvalue weighted by Crippen LogP contribution is 2.17. The molecule has 2 aliphatic rings. The topological polar surface area (TPSA) is 61.8 Å². The van der Waals surface area contributed by atoms with Crippen LogP contribution in [-0.4, -0.2) is 54.5 Å². The lowest BCUT2D eigenvalue weighted by Gasteiger charge is -2.24. The highest BCUT2D eigenvalue weighted by molar-refractivity contribution is 5.75. The minimum Gasteiger partial charge on any atom is -0.394 e. The molecule has 2 fully saturated rings. The molecule has 2 saturated heterocycles. The van der Waals surface area contributed by atoms with E-state index in [4.69, 9.17) is 9.84 Å². The Kier molecular flexibility index (Phi) is 3.43. The molecule has 0 aromatic rings. The summed E-state index contributed by atoms with van der Waals surface area (Å²) < 4.78 is 5.19. The number of rotatable bonds is 2. The van der Waals surface area contributed by atoms with Gasteiger partial charge in [0.1, 0.15) is 0 Å². The molecule has 0 aromatic carbocycles. The Labute approximate surface area is 89.4 Å². The van der Waals surface area contributed by atoms with Crippen LogP contribution in [-0.2, 0) is 4.74 Å².